The topological polar surface area (TPSA) is 34.1 Å². The number of likely N-dealkylation sites (tertiary alicyclic amines) is 1. The third-order valence-electron chi connectivity index (χ3n) is 5.84. The van der Waals surface area contributed by atoms with E-state index in [1.165, 1.54) is 31.5 Å². The van der Waals surface area contributed by atoms with E-state index in [2.05, 4.69) is 32.1 Å². The SMILES string of the molecule is CN=C(NCC1CCCN(C)C1)N1CCN(Cc2ccc(C(F)(F)F)cc2)CC1. The minimum atomic E-state index is -4.28. The molecule has 162 valence electrons. The van der Waals surface area contributed by atoms with Gasteiger partial charge in [0.05, 0.1) is 5.56 Å². The highest BCUT2D eigenvalue weighted by Crippen LogP contribution is 2.29. The lowest BCUT2D eigenvalue weighted by Crippen LogP contribution is -2.53. The van der Waals surface area contributed by atoms with Crippen molar-refractivity contribution in [3.63, 3.8) is 0 Å². The second kappa shape index (κ2) is 9.80. The van der Waals surface area contributed by atoms with Crippen molar-refractivity contribution in [1.82, 2.24) is 20.0 Å². The fraction of sp³-hybridized carbons (Fsp3) is 0.667. The molecule has 1 atom stereocenters. The van der Waals surface area contributed by atoms with Crippen LogP contribution < -0.4 is 5.32 Å². The van der Waals surface area contributed by atoms with Crippen molar-refractivity contribution in [2.75, 3.05) is 59.9 Å². The lowest BCUT2D eigenvalue weighted by atomic mass is 9.98. The van der Waals surface area contributed by atoms with E-state index in [9.17, 15) is 13.2 Å². The molecular weight excluding hydrogens is 379 g/mol. The molecule has 0 aromatic heterocycles. The van der Waals surface area contributed by atoms with E-state index in [1.807, 2.05) is 7.05 Å². The summed E-state index contributed by atoms with van der Waals surface area (Å²) in [6.07, 6.45) is -1.76. The van der Waals surface area contributed by atoms with E-state index in [0.29, 0.717) is 12.5 Å². The maximum absolute atomic E-state index is 12.7. The quantitative estimate of drug-likeness (QED) is 0.610. The molecule has 2 aliphatic rings. The molecule has 1 aromatic rings. The number of nitrogens with zero attached hydrogens (tertiary/aromatic N) is 4. The minimum Gasteiger partial charge on any atom is -0.356 e. The second-order valence-electron chi connectivity index (χ2n) is 8.16. The molecular formula is C21H32F3N5. The van der Waals surface area contributed by atoms with Gasteiger partial charge in [0.25, 0.3) is 0 Å². The van der Waals surface area contributed by atoms with Crippen molar-refractivity contribution in [1.29, 1.82) is 0 Å². The Balaban J connectivity index is 1.44. The van der Waals surface area contributed by atoms with E-state index in [-0.39, 0.29) is 0 Å². The Morgan fingerprint density at radius 1 is 1.10 bits per heavy atom. The summed E-state index contributed by atoms with van der Waals surface area (Å²) in [5, 5.41) is 3.54. The van der Waals surface area contributed by atoms with Crippen LogP contribution in [-0.4, -0.2) is 80.6 Å². The van der Waals surface area contributed by atoms with E-state index in [4.69, 9.17) is 0 Å². The molecule has 2 fully saturated rings. The Bertz CT molecular complexity index is 666. The molecule has 2 heterocycles. The molecule has 8 heteroatoms. The van der Waals surface area contributed by atoms with Crippen LogP contribution in [0, 0.1) is 5.92 Å². The number of hydrogen-bond acceptors (Lipinski definition) is 3. The molecule has 1 N–H and O–H groups in total. The fourth-order valence-electron chi connectivity index (χ4n) is 4.18. The highest BCUT2D eigenvalue weighted by Gasteiger charge is 2.30. The normalized spacial score (nSPS) is 22.7. The van der Waals surface area contributed by atoms with Crippen LogP contribution in [0.2, 0.25) is 0 Å². The molecule has 5 nitrogen and oxygen atoms in total. The molecule has 0 radical (unpaired) electrons. The van der Waals surface area contributed by atoms with Crippen molar-refractivity contribution < 1.29 is 13.2 Å². The zero-order valence-corrected chi connectivity index (χ0v) is 17.4. The van der Waals surface area contributed by atoms with Gasteiger partial charge in [-0.05, 0) is 50.0 Å². The van der Waals surface area contributed by atoms with E-state index >= 15 is 0 Å². The molecule has 0 aliphatic carbocycles. The number of piperazine rings is 1. The number of benzene rings is 1. The Hall–Kier alpha value is -1.80. The second-order valence-corrected chi connectivity index (χ2v) is 8.16. The summed E-state index contributed by atoms with van der Waals surface area (Å²) in [5.74, 6) is 1.61. The highest BCUT2D eigenvalue weighted by molar-refractivity contribution is 5.80. The smallest absolute Gasteiger partial charge is 0.356 e. The van der Waals surface area contributed by atoms with Crippen LogP contribution in [-0.2, 0) is 12.7 Å². The van der Waals surface area contributed by atoms with Gasteiger partial charge in [0.2, 0.25) is 0 Å². The number of nitrogens with one attached hydrogen (secondary N) is 1. The number of alkyl halides is 3. The van der Waals surface area contributed by atoms with Gasteiger partial charge >= 0.3 is 6.18 Å². The number of guanidine groups is 1. The average molecular weight is 412 g/mol. The zero-order chi connectivity index (χ0) is 20.9. The van der Waals surface area contributed by atoms with Gasteiger partial charge in [0, 0.05) is 52.9 Å². The van der Waals surface area contributed by atoms with E-state index in [1.54, 1.807) is 12.1 Å². The zero-order valence-electron chi connectivity index (χ0n) is 17.4. The van der Waals surface area contributed by atoms with Crippen molar-refractivity contribution in [2.24, 2.45) is 10.9 Å². The van der Waals surface area contributed by atoms with Gasteiger partial charge < -0.3 is 15.1 Å². The Labute approximate surface area is 171 Å². The van der Waals surface area contributed by atoms with Gasteiger partial charge in [0.15, 0.2) is 5.96 Å². The maximum Gasteiger partial charge on any atom is 0.416 e. The molecule has 3 rings (SSSR count). The van der Waals surface area contributed by atoms with Gasteiger partial charge in [0.1, 0.15) is 0 Å². The van der Waals surface area contributed by atoms with E-state index in [0.717, 1.165) is 50.8 Å². The summed E-state index contributed by atoms with van der Waals surface area (Å²) < 4.78 is 38.1. The average Bonchev–Trinajstić information content (AvgIpc) is 2.69. The van der Waals surface area contributed by atoms with Crippen LogP contribution in [0.1, 0.15) is 24.0 Å². The van der Waals surface area contributed by atoms with Gasteiger partial charge in [-0.25, -0.2) is 0 Å². The predicted molar refractivity (Wildman–Crippen MR) is 110 cm³/mol. The third-order valence-corrected chi connectivity index (χ3v) is 5.84. The largest absolute Gasteiger partial charge is 0.416 e. The summed E-state index contributed by atoms with van der Waals surface area (Å²) in [4.78, 5) is 11.4. The van der Waals surface area contributed by atoms with Crippen LogP contribution in [0.15, 0.2) is 29.3 Å². The molecule has 2 saturated heterocycles. The number of hydrogen-bond donors (Lipinski definition) is 1. The number of rotatable bonds is 4. The standard InChI is InChI=1S/C21H32F3N5/c1-25-20(26-14-18-4-3-9-27(2)15-18)29-12-10-28(11-13-29)16-17-5-7-19(8-6-17)21(22,23)24/h5-8,18H,3-4,9-16H2,1-2H3,(H,25,26). The van der Waals surface area contributed by atoms with Crippen molar-refractivity contribution >= 4 is 5.96 Å². The molecule has 0 amide bonds. The van der Waals surface area contributed by atoms with Crippen LogP contribution in [0.4, 0.5) is 13.2 Å². The highest BCUT2D eigenvalue weighted by atomic mass is 19.4. The molecule has 0 bridgehead atoms. The lowest BCUT2D eigenvalue weighted by Gasteiger charge is -2.37. The molecule has 1 aromatic carbocycles. The molecule has 1 unspecified atom stereocenters. The van der Waals surface area contributed by atoms with Gasteiger partial charge in [-0.2, -0.15) is 13.2 Å². The molecule has 29 heavy (non-hydrogen) atoms. The van der Waals surface area contributed by atoms with Crippen LogP contribution in [0.5, 0.6) is 0 Å². The van der Waals surface area contributed by atoms with Gasteiger partial charge in [-0.3, -0.25) is 9.89 Å². The van der Waals surface area contributed by atoms with Crippen molar-refractivity contribution in [3.05, 3.63) is 35.4 Å². The maximum atomic E-state index is 12.7. The summed E-state index contributed by atoms with van der Waals surface area (Å²) in [7, 11) is 4.00. The number of halogens is 3. The summed E-state index contributed by atoms with van der Waals surface area (Å²) >= 11 is 0. The van der Waals surface area contributed by atoms with Crippen LogP contribution >= 0.6 is 0 Å². The first-order valence-electron chi connectivity index (χ1n) is 10.4. The monoisotopic (exact) mass is 411 g/mol. The Morgan fingerprint density at radius 2 is 1.79 bits per heavy atom. The fourth-order valence-corrected chi connectivity index (χ4v) is 4.18. The van der Waals surface area contributed by atoms with Gasteiger partial charge in [-0.15, -0.1) is 0 Å². The first kappa shape index (κ1) is 21.9. The van der Waals surface area contributed by atoms with Gasteiger partial charge in [-0.1, -0.05) is 12.1 Å². The predicted octanol–water partition coefficient (Wildman–Crippen LogP) is 2.74. The first-order chi connectivity index (χ1) is 13.8. The number of piperidine rings is 1. The van der Waals surface area contributed by atoms with Crippen molar-refractivity contribution in [2.45, 2.75) is 25.6 Å². The van der Waals surface area contributed by atoms with E-state index < -0.39 is 11.7 Å². The summed E-state index contributed by atoms with van der Waals surface area (Å²) in [6.45, 7) is 7.41. The van der Waals surface area contributed by atoms with Crippen LogP contribution in [0.3, 0.4) is 0 Å². The summed E-state index contributed by atoms with van der Waals surface area (Å²) in [5.41, 5.74) is 0.320. The van der Waals surface area contributed by atoms with Crippen LogP contribution in [0.25, 0.3) is 0 Å². The lowest BCUT2D eigenvalue weighted by molar-refractivity contribution is -0.137. The third kappa shape index (κ3) is 6.34. The Kier molecular flexibility index (Phi) is 7.40. The summed E-state index contributed by atoms with van der Waals surface area (Å²) in [6, 6.07) is 5.49. The Morgan fingerprint density at radius 3 is 2.38 bits per heavy atom. The first-order valence-corrected chi connectivity index (χ1v) is 10.4. The van der Waals surface area contributed by atoms with Crippen molar-refractivity contribution in [3.8, 4) is 0 Å². The molecule has 0 spiro atoms. The molecule has 0 saturated carbocycles. The molecule has 2 aliphatic heterocycles. The number of aliphatic imine (C=N–C) groups is 1. The minimum absolute atomic E-state index is 0.592.